The van der Waals surface area contributed by atoms with Crippen LogP contribution in [-0.2, 0) is 16.8 Å². The molecule has 2 aromatic heterocycles. The Kier molecular flexibility index (Phi) is 6.53. The lowest BCUT2D eigenvalue weighted by atomic mass is 10.1. The molecule has 0 aliphatic rings. The van der Waals surface area contributed by atoms with Crippen LogP contribution in [0.1, 0.15) is 29.8 Å². The van der Waals surface area contributed by atoms with E-state index in [1.807, 2.05) is 19.9 Å². The van der Waals surface area contributed by atoms with Gasteiger partial charge in [0.15, 0.2) is 0 Å². The molecule has 4 N–H and O–H groups in total. The number of phenols is 1. The summed E-state index contributed by atoms with van der Waals surface area (Å²) in [6.45, 7) is 3.88. The smallest absolute Gasteiger partial charge is 0.299 e. The van der Waals surface area contributed by atoms with Gasteiger partial charge < -0.3 is 14.8 Å². The van der Waals surface area contributed by atoms with Crippen molar-refractivity contribution in [3.8, 4) is 17.0 Å². The third-order valence-electron chi connectivity index (χ3n) is 4.95. The zero-order valence-corrected chi connectivity index (χ0v) is 19.5. The number of rotatable bonds is 8. The van der Waals surface area contributed by atoms with Crippen molar-refractivity contribution in [3.63, 3.8) is 0 Å². The summed E-state index contributed by atoms with van der Waals surface area (Å²) < 4.78 is 31.7. The molecule has 9 nitrogen and oxygen atoms in total. The molecular weight excluding hydrogens is 454 g/mol. The Hall–Kier alpha value is -3.89. The first kappa shape index (κ1) is 23.3. The molecule has 2 heterocycles. The minimum Gasteiger partial charge on any atom is -0.508 e. The molecule has 0 atom stereocenters. The Morgan fingerprint density at radius 2 is 1.82 bits per heavy atom. The van der Waals surface area contributed by atoms with Crippen LogP contribution in [0.4, 0.5) is 5.69 Å². The molecule has 0 unspecified atom stereocenters. The quantitative estimate of drug-likeness (QED) is 0.309. The van der Waals surface area contributed by atoms with E-state index in [1.165, 1.54) is 12.1 Å². The maximum Gasteiger partial charge on any atom is 0.299 e. The first-order chi connectivity index (χ1) is 16.2. The second kappa shape index (κ2) is 9.54. The maximum atomic E-state index is 12.5. The van der Waals surface area contributed by atoms with Crippen molar-refractivity contribution >= 4 is 27.5 Å². The van der Waals surface area contributed by atoms with Crippen LogP contribution in [0.25, 0.3) is 16.9 Å². The van der Waals surface area contributed by atoms with Gasteiger partial charge in [0, 0.05) is 30.5 Å². The van der Waals surface area contributed by atoms with Gasteiger partial charge >= 0.3 is 0 Å². The van der Waals surface area contributed by atoms with E-state index < -0.39 is 10.2 Å². The third kappa shape index (κ3) is 5.72. The Morgan fingerprint density at radius 1 is 1.06 bits per heavy atom. The van der Waals surface area contributed by atoms with Crippen LogP contribution < -0.4 is 14.8 Å². The van der Waals surface area contributed by atoms with Gasteiger partial charge in [-0.05, 0) is 55.8 Å². The minimum atomic E-state index is -3.82. The molecule has 0 saturated heterocycles. The zero-order chi connectivity index (χ0) is 24.3. The lowest BCUT2D eigenvalue weighted by Crippen LogP contribution is -2.30. The van der Waals surface area contributed by atoms with Gasteiger partial charge in [-0.3, -0.25) is 9.52 Å². The van der Waals surface area contributed by atoms with Crippen LogP contribution in [0.3, 0.4) is 0 Å². The number of anilines is 1. The molecule has 0 bridgehead atoms. The van der Waals surface area contributed by atoms with E-state index in [0.29, 0.717) is 28.2 Å². The lowest BCUT2D eigenvalue weighted by Gasteiger charge is -2.10. The summed E-state index contributed by atoms with van der Waals surface area (Å²) in [4.78, 5) is 16.9. The second-order valence-electron chi connectivity index (χ2n) is 8.11. The summed E-state index contributed by atoms with van der Waals surface area (Å²) in [5, 5.41) is 12.2. The average molecular weight is 480 g/mol. The number of hydrogen-bond acceptors (Lipinski definition) is 5. The van der Waals surface area contributed by atoms with Crippen LogP contribution in [0.15, 0.2) is 73.1 Å². The molecule has 10 heteroatoms. The molecule has 0 saturated carbocycles. The van der Waals surface area contributed by atoms with E-state index in [2.05, 4.69) is 19.7 Å². The molecule has 1 amide bonds. The third-order valence-corrected chi connectivity index (χ3v) is 5.98. The molecule has 34 heavy (non-hydrogen) atoms. The Balaban J connectivity index is 1.50. The highest BCUT2D eigenvalue weighted by Gasteiger charge is 2.13. The van der Waals surface area contributed by atoms with Crippen molar-refractivity contribution in [2.45, 2.75) is 26.4 Å². The second-order valence-corrected chi connectivity index (χ2v) is 9.61. The largest absolute Gasteiger partial charge is 0.508 e. The fourth-order valence-corrected chi connectivity index (χ4v) is 4.20. The molecule has 0 radical (unpaired) electrons. The first-order valence-corrected chi connectivity index (χ1v) is 12.1. The summed E-state index contributed by atoms with van der Waals surface area (Å²) in [7, 11) is -3.82. The molecule has 2 aromatic carbocycles. The number of amides is 1. The number of imidazole rings is 1. The van der Waals surface area contributed by atoms with Crippen molar-refractivity contribution in [3.05, 3.63) is 84.2 Å². The summed E-state index contributed by atoms with van der Waals surface area (Å²) in [5.74, 6) is -0.0492. The van der Waals surface area contributed by atoms with Crippen molar-refractivity contribution in [1.29, 1.82) is 0 Å². The predicted octanol–water partition coefficient (Wildman–Crippen LogP) is 3.29. The van der Waals surface area contributed by atoms with Gasteiger partial charge in [-0.25, -0.2) is 4.98 Å². The molecule has 0 aliphatic carbocycles. The highest BCUT2D eigenvalue weighted by molar-refractivity contribution is 7.90. The van der Waals surface area contributed by atoms with Crippen molar-refractivity contribution in [2.24, 2.45) is 0 Å². The lowest BCUT2D eigenvalue weighted by molar-refractivity contribution is 0.0942. The number of nitrogens with zero attached hydrogens (tertiary/aromatic N) is 2. The van der Waals surface area contributed by atoms with E-state index in [4.69, 9.17) is 0 Å². The van der Waals surface area contributed by atoms with E-state index in [-0.39, 0.29) is 24.2 Å². The topological polar surface area (TPSA) is 125 Å². The molecule has 176 valence electrons. The molecule has 4 rings (SSSR count). The molecular formula is C24H25N5O4S. The number of pyridine rings is 1. The predicted molar refractivity (Wildman–Crippen MR) is 131 cm³/mol. The van der Waals surface area contributed by atoms with Crippen LogP contribution in [0.2, 0.25) is 0 Å². The SMILES string of the molecule is CC(C)NC(=O)c1ccc2nc(-c3cccc(NS(=O)(=O)NCc4ccc(O)cc4)c3)cn2c1. The molecule has 0 fully saturated rings. The monoisotopic (exact) mass is 479 g/mol. The standard InChI is InChI=1S/C24H25N5O4S/c1-16(2)26-24(31)19-8-11-23-27-22(15-29(23)14-19)18-4-3-5-20(12-18)28-34(32,33)25-13-17-6-9-21(30)10-7-17/h3-12,14-16,25,28,30H,13H2,1-2H3,(H,26,31). The molecule has 0 spiro atoms. The van der Waals surface area contributed by atoms with E-state index in [9.17, 15) is 18.3 Å². The number of carbonyl (C=O) groups is 1. The van der Waals surface area contributed by atoms with Gasteiger partial charge in [0.2, 0.25) is 0 Å². The van der Waals surface area contributed by atoms with Gasteiger partial charge in [0.1, 0.15) is 11.4 Å². The summed E-state index contributed by atoms with van der Waals surface area (Å²) in [6, 6.07) is 16.7. The van der Waals surface area contributed by atoms with E-state index in [1.54, 1.807) is 59.3 Å². The highest BCUT2D eigenvalue weighted by Crippen LogP contribution is 2.23. The number of aromatic nitrogens is 2. The van der Waals surface area contributed by atoms with E-state index in [0.717, 1.165) is 5.56 Å². The number of aromatic hydroxyl groups is 1. The summed E-state index contributed by atoms with van der Waals surface area (Å²) in [5.41, 5.74) is 3.63. The van der Waals surface area contributed by atoms with Crippen LogP contribution in [-0.4, -0.2) is 34.9 Å². The van der Waals surface area contributed by atoms with Gasteiger partial charge in [0.25, 0.3) is 16.1 Å². The number of fused-ring (bicyclic) bond motifs is 1. The molecule has 0 aliphatic heterocycles. The van der Waals surface area contributed by atoms with Crippen molar-refractivity contribution in [1.82, 2.24) is 19.4 Å². The van der Waals surface area contributed by atoms with Crippen LogP contribution in [0, 0.1) is 0 Å². The number of hydrogen-bond donors (Lipinski definition) is 4. The zero-order valence-electron chi connectivity index (χ0n) is 18.7. The Labute approximate surface area is 197 Å². The number of benzene rings is 2. The van der Waals surface area contributed by atoms with Crippen molar-refractivity contribution < 1.29 is 18.3 Å². The van der Waals surface area contributed by atoms with E-state index >= 15 is 0 Å². The molecule has 4 aromatic rings. The van der Waals surface area contributed by atoms with Gasteiger partial charge in [0.05, 0.1) is 16.9 Å². The Bertz CT molecular complexity index is 1430. The first-order valence-electron chi connectivity index (χ1n) is 10.6. The number of carbonyl (C=O) groups excluding carboxylic acids is 1. The average Bonchev–Trinajstić information content (AvgIpc) is 3.22. The fraction of sp³-hybridized carbons (Fsp3) is 0.167. The maximum absolute atomic E-state index is 12.5. The van der Waals surface area contributed by atoms with Crippen LogP contribution >= 0.6 is 0 Å². The number of phenolic OH excluding ortho intramolecular Hbond substituents is 1. The van der Waals surface area contributed by atoms with Crippen molar-refractivity contribution in [2.75, 3.05) is 4.72 Å². The fourth-order valence-electron chi connectivity index (χ4n) is 3.34. The summed E-state index contributed by atoms with van der Waals surface area (Å²) >= 11 is 0. The highest BCUT2D eigenvalue weighted by atomic mass is 32.2. The number of nitrogens with one attached hydrogen (secondary N) is 3. The van der Waals surface area contributed by atoms with Gasteiger partial charge in [-0.2, -0.15) is 13.1 Å². The van der Waals surface area contributed by atoms with Gasteiger partial charge in [-0.15, -0.1) is 0 Å². The minimum absolute atomic E-state index is 0.0312. The summed E-state index contributed by atoms with van der Waals surface area (Å²) in [6.07, 6.45) is 3.50. The Morgan fingerprint density at radius 3 is 2.56 bits per heavy atom. The normalized spacial score (nSPS) is 11.6. The van der Waals surface area contributed by atoms with Crippen LogP contribution in [0.5, 0.6) is 5.75 Å². The van der Waals surface area contributed by atoms with Gasteiger partial charge in [-0.1, -0.05) is 24.3 Å².